The van der Waals surface area contributed by atoms with Crippen molar-refractivity contribution >= 4 is 60.8 Å². The predicted molar refractivity (Wildman–Crippen MR) is 104 cm³/mol. The second kappa shape index (κ2) is 5.01. The molecular weight excluding hydrogens is 388 g/mol. The van der Waals surface area contributed by atoms with Gasteiger partial charge in [-0.15, -0.1) is 0 Å². The molecule has 0 N–H and O–H groups in total. The minimum atomic E-state index is 0.783. The maximum absolute atomic E-state index is 6.23. The molecule has 0 nitrogen and oxygen atoms in total. The molecule has 5 rings (SSSR count). The van der Waals surface area contributed by atoms with Gasteiger partial charge in [-0.05, 0) is 63.7 Å². The Morgan fingerprint density at radius 3 is 2.61 bits per heavy atom. The Bertz CT molecular complexity index is 1120. The molecule has 1 heterocycles. The lowest BCUT2D eigenvalue weighted by Crippen LogP contribution is -1.93. The molecule has 3 heteroatoms. The first kappa shape index (κ1) is 13.9. The van der Waals surface area contributed by atoms with Gasteiger partial charge in [0, 0.05) is 24.7 Å². The molecule has 0 aromatic heterocycles. The van der Waals surface area contributed by atoms with Crippen LogP contribution in [0.4, 0.5) is 0 Å². The lowest BCUT2D eigenvalue weighted by atomic mass is 9.93. The molecule has 4 aromatic carbocycles. The summed E-state index contributed by atoms with van der Waals surface area (Å²) in [5.41, 5.74) is 2.62. The van der Waals surface area contributed by atoms with E-state index in [-0.39, 0.29) is 0 Å². The summed E-state index contributed by atoms with van der Waals surface area (Å²) in [4.78, 5) is 2.61. The van der Waals surface area contributed by atoms with Crippen LogP contribution < -0.4 is 0 Å². The van der Waals surface area contributed by atoms with Gasteiger partial charge in [-0.2, -0.15) is 0 Å². The monoisotopic (exact) mass is 396 g/mol. The summed E-state index contributed by atoms with van der Waals surface area (Å²) in [6.45, 7) is 0. The van der Waals surface area contributed by atoms with Crippen LogP contribution in [0.3, 0.4) is 0 Å². The number of hydrogen-bond acceptors (Lipinski definition) is 1. The highest BCUT2D eigenvalue weighted by Crippen LogP contribution is 2.50. The average Bonchev–Trinajstić information content (AvgIpc) is 2.55. The van der Waals surface area contributed by atoms with Crippen LogP contribution >= 0.6 is 39.3 Å². The molecule has 0 bridgehead atoms. The molecular formula is C20H10BrClS. The van der Waals surface area contributed by atoms with Crippen LogP contribution in [-0.4, -0.2) is 0 Å². The van der Waals surface area contributed by atoms with Gasteiger partial charge in [-0.3, -0.25) is 0 Å². The zero-order chi connectivity index (χ0) is 15.6. The highest BCUT2D eigenvalue weighted by Gasteiger charge is 2.20. The van der Waals surface area contributed by atoms with Crippen LogP contribution in [0, 0.1) is 0 Å². The van der Waals surface area contributed by atoms with Crippen molar-refractivity contribution in [2.75, 3.05) is 0 Å². The Balaban J connectivity index is 2.01. The third-order valence-electron chi connectivity index (χ3n) is 4.35. The molecule has 0 fully saturated rings. The maximum Gasteiger partial charge on any atom is 0.0412 e. The Labute approximate surface area is 151 Å². The average molecular weight is 398 g/mol. The van der Waals surface area contributed by atoms with Crippen molar-refractivity contribution in [3.63, 3.8) is 0 Å². The smallest absolute Gasteiger partial charge is 0.0412 e. The number of benzene rings is 4. The Morgan fingerprint density at radius 2 is 1.70 bits per heavy atom. The van der Waals surface area contributed by atoms with E-state index in [0.29, 0.717) is 0 Å². The van der Waals surface area contributed by atoms with Gasteiger partial charge in [-0.25, -0.2) is 0 Å². The standard InChI is InChI=1S/C20H10BrClS/c21-12-5-7-14-17-8-11-4-6-13(22)10-16(11)15-2-1-3-18(20(15)17)23-19(14)9-12/h1-10H. The Morgan fingerprint density at radius 1 is 0.783 bits per heavy atom. The van der Waals surface area contributed by atoms with E-state index < -0.39 is 0 Å². The van der Waals surface area contributed by atoms with Crippen molar-refractivity contribution < 1.29 is 0 Å². The van der Waals surface area contributed by atoms with E-state index >= 15 is 0 Å². The fourth-order valence-electron chi connectivity index (χ4n) is 3.37. The molecule has 0 radical (unpaired) electrons. The van der Waals surface area contributed by atoms with E-state index in [2.05, 4.69) is 70.5 Å². The highest BCUT2D eigenvalue weighted by atomic mass is 79.9. The topological polar surface area (TPSA) is 0 Å². The van der Waals surface area contributed by atoms with Gasteiger partial charge < -0.3 is 0 Å². The largest absolute Gasteiger partial charge is 0.0887 e. The Kier molecular flexibility index (Phi) is 3.03. The van der Waals surface area contributed by atoms with E-state index in [4.69, 9.17) is 11.6 Å². The summed E-state index contributed by atoms with van der Waals surface area (Å²) in [6, 6.07) is 21.5. The van der Waals surface area contributed by atoms with Crippen molar-refractivity contribution in [1.29, 1.82) is 0 Å². The lowest BCUT2D eigenvalue weighted by molar-refractivity contribution is 1.39. The first-order chi connectivity index (χ1) is 11.2. The summed E-state index contributed by atoms with van der Waals surface area (Å²) in [7, 11) is 0. The molecule has 1 aliphatic rings. The summed E-state index contributed by atoms with van der Waals surface area (Å²) in [5.74, 6) is 0. The van der Waals surface area contributed by atoms with Crippen LogP contribution in [0.15, 0.2) is 74.9 Å². The van der Waals surface area contributed by atoms with Gasteiger partial charge in [-0.1, -0.05) is 63.6 Å². The molecule has 0 spiro atoms. The molecule has 23 heavy (non-hydrogen) atoms. The van der Waals surface area contributed by atoms with Crippen LogP contribution in [0.25, 0.3) is 32.7 Å². The summed E-state index contributed by atoms with van der Waals surface area (Å²) < 4.78 is 1.12. The van der Waals surface area contributed by atoms with E-state index in [1.165, 1.54) is 42.5 Å². The fraction of sp³-hybridized carbons (Fsp3) is 0. The molecule has 4 aromatic rings. The lowest BCUT2D eigenvalue weighted by Gasteiger charge is -2.21. The molecule has 0 saturated carbocycles. The van der Waals surface area contributed by atoms with E-state index in [1.807, 2.05) is 17.8 Å². The van der Waals surface area contributed by atoms with Crippen LogP contribution in [0.5, 0.6) is 0 Å². The SMILES string of the molecule is Clc1ccc2cc3c4c(cccc4c2c1)Sc1cc(Br)ccc1-3. The molecule has 0 amide bonds. The third kappa shape index (κ3) is 2.06. The Hall–Kier alpha value is -1.48. The molecule has 0 atom stereocenters. The first-order valence-corrected chi connectivity index (χ1v) is 9.32. The van der Waals surface area contributed by atoms with E-state index in [1.54, 1.807) is 0 Å². The minimum Gasteiger partial charge on any atom is -0.0887 e. The van der Waals surface area contributed by atoms with Gasteiger partial charge in [0.15, 0.2) is 0 Å². The maximum atomic E-state index is 6.23. The minimum absolute atomic E-state index is 0.783. The van der Waals surface area contributed by atoms with Crippen LogP contribution in [0.2, 0.25) is 5.02 Å². The van der Waals surface area contributed by atoms with Crippen molar-refractivity contribution in [2.24, 2.45) is 0 Å². The predicted octanol–water partition coefficient (Wildman–Crippen LogP) is 7.54. The van der Waals surface area contributed by atoms with Crippen LogP contribution in [-0.2, 0) is 0 Å². The van der Waals surface area contributed by atoms with Crippen molar-refractivity contribution in [3.8, 4) is 11.1 Å². The molecule has 1 aliphatic heterocycles. The number of fused-ring (bicyclic) bond motifs is 4. The quantitative estimate of drug-likeness (QED) is 0.243. The molecule has 0 aliphatic carbocycles. The van der Waals surface area contributed by atoms with Crippen molar-refractivity contribution in [1.82, 2.24) is 0 Å². The van der Waals surface area contributed by atoms with Crippen molar-refractivity contribution in [2.45, 2.75) is 9.79 Å². The number of halogens is 2. The third-order valence-corrected chi connectivity index (χ3v) is 6.20. The fourth-order valence-corrected chi connectivity index (χ4v) is 5.23. The van der Waals surface area contributed by atoms with Gasteiger partial charge in [0.1, 0.15) is 0 Å². The second-order valence-electron chi connectivity index (χ2n) is 5.71. The molecule has 110 valence electrons. The summed E-state index contributed by atoms with van der Waals surface area (Å²) in [6.07, 6.45) is 0. The van der Waals surface area contributed by atoms with Gasteiger partial charge in [0.25, 0.3) is 0 Å². The molecule has 0 saturated heterocycles. The normalized spacial score (nSPS) is 12.6. The zero-order valence-corrected chi connectivity index (χ0v) is 15.1. The van der Waals surface area contributed by atoms with Gasteiger partial charge >= 0.3 is 0 Å². The number of hydrogen-bond donors (Lipinski definition) is 0. The molecule has 0 unspecified atom stereocenters. The van der Waals surface area contributed by atoms with Crippen LogP contribution in [0.1, 0.15) is 0 Å². The second-order valence-corrected chi connectivity index (χ2v) is 8.15. The summed E-state index contributed by atoms with van der Waals surface area (Å²) >= 11 is 11.7. The van der Waals surface area contributed by atoms with Gasteiger partial charge in [0.05, 0.1) is 0 Å². The highest BCUT2D eigenvalue weighted by molar-refractivity contribution is 9.10. The number of rotatable bonds is 0. The van der Waals surface area contributed by atoms with Crippen molar-refractivity contribution in [3.05, 3.63) is 70.2 Å². The van der Waals surface area contributed by atoms with E-state index in [0.717, 1.165) is 9.50 Å². The summed E-state index contributed by atoms with van der Waals surface area (Å²) in [5, 5.41) is 5.85. The van der Waals surface area contributed by atoms with E-state index in [9.17, 15) is 0 Å². The zero-order valence-electron chi connectivity index (χ0n) is 11.9. The first-order valence-electron chi connectivity index (χ1n) is 7.33. The van der Waals surface area contributed by atoms with Gasteiger partial charge in [0.2, 0.25) is 0 Å².